The molecule has 30 nitrogen and oxygen atoms in total. The van der Waals surface area contributed by atoms with Crippen LogP contribution in [0.25, 0.3) is 0 Å². The Bertz CT molecular complexity index is 2870. The molecule has 0 saturated heterocycles. The van der Waals surface area contributed by atoms with Crippen molar-refractivity contribution in [2.75, 3.05) is 0 Å². The number of hydrogen-bond donors (Lipinski definition) is 0. The van der Waals surface area contributed by atoms with Gasteiger partial charge in [-0.05, 0) is 170 Å². The van der Waals surface area contributed by atoms with Gasteiger partial charge in [0.25, 0.3) is 0 Å². The Kier molecular flexibility index (Phi) is 28.6. The summed E-state index contributed by atoms with van der Waals surface area (Å²) in [6.07, 6.45) is 0. The van der Waals surface area contributed by atoms with Crippen LogP contribution in [-0.4, -0.2) is 149 Å². The number of aryl methyl sites for hydroxylation is 23. The second-order valence-electron chi connectivity index (χ2n) is 18.6. The lowest BCUT2D eigenvalue weighted by atomic mass is 10.2. The first-order chi connectivity index (χ1) is 37.1. The maximum Gasteiger partial charge on any atom is 0.147 e. The fourth-order valence-corrected chi connectivity index (χ4v) is 5.70. The Hall–Kier alpha value is -8.60. The number of nitrogens with zero attached hydrogens (tertiary/aromatic N) is 30. The molecule has 0 bridgehead atoms. The van der Waals surface area contributed by atoms with Crippen molar-refractivity contribution in [1.29, 1.82) is 0 Å². The predicted molar refractivity (Wildman–Crippen MR) is 305 cm³/mol. The average molecular weight is 1110 g/mol. The molecule has 10 rings (SSSR count). The maximum atomic E-state index is 4.23. The molecule has 10 aromatic rings. The van der Waals surface area contributed by atoms with Gasteiger partial charge in [-0.2, -0.15) is 25.5 Å². The van der Waals surface area contributed by atoms with E-state index in [-0.39, 0.29) is 0 Å². The quantitative estimate of drug-likeness (QED) is 0.204. The van der Waals surface area contributed by atoms with Crippen molar-refractivity contribution in [3.05, 3.63) is 115 Å². The van der Waals surface area contributed by atoms with Gasteiger partial charge in [-0.25, -0.2) is 24.3 Å². The van der Waals surface area contributed by atoms with Crippen molar-refractivity contribution < 1.29 is 0 Å². The fraction of sp³-hybridized carbons (Fsp3) is 0.600. The lowest BCUT2D eigenvalue weighted by molar-refractivity contribution is 0.695. The number of tetrazole rings is 2. The molecule has 0 radical (unpaired) electrons. The van der Waals surface area contributed by atoms with Crippen LogP contribution < -0.4 is 0 Å². The topological polar surface area (TPSA) is 307 Å². The molecule has 0 N–H and O–H groups in total. The van der Waals surface area contributed by atoms with Gasteiger partial charge >= 0.3 is 0 Å². The van der Waals surface area contributed by atoms with Crippen LogP contribution in [0, 0.1) is 138 Å². The molecule has 0 fully saturated rings. The molecule has 80 heavy (non-hydrogen) atoms. The van der Waals surface area contributed by atoms with Gasteiger partial charge in [-0.1, -0.05) is 5.21 Å². The summed E-state index contributed by atoms with van der Waals surface area (Å²) in [5, 5.41) is 64.6. The van der Waals surface area contributed by atoms with Gasteiger partial charge in [0.15, 0.2) is 0 Å². The maximum absolute atomic E-state index is 4.23. The van der Waals surface area contributed by atoms with Crippen molar-refractivity contribution in [3.8, 4) is 0 Å². The first-order valence-corrected chi connectivity index (χ1v) is 25.4. The summed E-state index contributed by atoms with van der Waals surface area (Å²) in [6, 6.07) is 0. The average Bonchev–Trinajstić information content (AvgIpc) is 4.34. The van der Waals surface area contributed by atoms with E-state index in [0.29, 0.717) is 0 Å². The third-order valence-corrected chi connectivity index (χ3v) is 12.6. The van der Waals surface area contributed by atoms with Gasteiger partial charge < -0.3 is 9.13 Å². The summed E-state index contributed by atoms with van der Waals surface area (Å²) in [7, 11) is 19.0. The molecule has 0 unspecified atom stereocenters. The molecular weight excluding hydrogens is 1020 g/mol. The summed E-state index contributed by atoms with van der Waals surface area (Å²) in [5.41, 5.74) is 9.53. The van der Waals surface area contributed by atoms with Gasteiger partial charge in [0.05, 0.1) is 22.8 Å². The molecule has 0 spiro atoms. The zero-order valence-electron chi connectivity index (χ0n) is 53.4. The molecule has 0 amide bonds. The Morgan fingerprint density at radius 2 is 0.512 bits per heavy atom. The molecule has 0 aromatic carbocycles. The van der Waals surface area contributed by atoms with Gasteiger partial charge in [0.1, 0.15) is 69.9 Å². The predicted octanol–water partition coefficient (Wildman–Crippen LogP) is 4.32. The standard InChI is InChI=1S/2C7H12N2.6C5H9N3.2C3H6N4/c2*1-5-6(2)8-9(4)7(5)3;2*1-4-6-7-5(2)8(4)3;3*1-4-6-5(2)8(3)7-4;1-4-5(2)8(3)7-6-4;2*1-3-4-5-6-7(3)2/h2*1-4H3;6*1-3H3;2*1-2H3. The van der Waals surface area contributed by atoms with E-state index in [1.54, 1.807) is 42.2 Å². The molecule has 0 atom stereocenters. The van der Waals surface area contributed by atoms with Crippen molar-refractivity contribution in [3.63, 3.8) is 0 Å². The highest BCUT2D eigenvalue weighted by Gasteiger charge is 2.03. The summed E-state index contributed by atoms with van der Waals surface area (Å²) in [6.45, 7) is 39.2. The normalized spacial score (nSPS) is 9.88. The van der Waals surface area contributed by atoms with Crippen molar-refractivity contribution in [2.45, 2.75) is 138 Å². The van der Waals surface area contributed by atoms with Crippen LogP contribution >= 0.6 is 0 Å². The van der Waals surface area contributed by atoms with Gasteiger partial charge in [-0.15, -0.1) is 35.7 Å². The second kappa shape index (κ2) is 33.0. The largest absolute Gasteiger partial charge is 0.319 e. The van der Waals surface area contributed by atoms with Crippen LogP contribution in [0.4, 0.5) is 0 Å². The summed E-state index contributed by atoms with van der Waals surface area (Å²) >= 11 is 0. The Balaban J connectivity index is 0.000000445. The zero-order valence-corrected chi connectivity index (χ0v) is 53.4. The summed E-state index contributed by atoms with van der Waals surface area (Å²) < 4.78 is 18.0. The number of hydrogen-bond acceptors (Lipinski definition) is 20. The van der Waals surface area contributed by atoms with E-state index in [4.69, 9.17) is 0 Å². The minimum Gasteiger partial charge on any atom is -0.319 e. The monoisotopic (exact) mass is 1110 g/mol. The molecular formula is C50H90N30. The highest BCUT2D eigenvalue weighted by Crippen LogP contribution is 2.09. The molecule has 440 valence electrons. The lowest BCUT2D eigenvalue weighted by Crippen LogP contribution is -1.92. The Labute approximate surface area is 471 Å². The number of aromatic nitrogens is 30. The first-order valence-electron chi connectivity index (χ1n) is 25.4. The van der Waals surface area contributed by atoms with E-state index in [1.807, 2.05) is 186 Å². The van der Waals surface area contributed by atoms with E-state index in [0.717, 1.165) is 92.7 Å². The fourth-order valence-electron chi connectivity index (χ4n) is 5.70. The van der Waals surface area contributed by atoms with Crippen molar-refractivity contribution in [2.24, 2.45) is 70.5 Å². The highest BCUT2D eigenvalue weighted by molar-refractivity contribution is 5.22. The van der Waals surface area contributed by atoms with E-state index in [9.17, 15) is 0 Å². The lowest BCUT2D eigenvalue weighted by Gasteiger charge is -1.90. The van der Waals surface area contributed by atoms with Crippen LogP contribution in [0.15, 0.2) is 0 Å². The van der Waals surface area contributed by atoms with Crippen LogP contribution in [0.5, 0.6) is 0 Å². The Morgan fingerprint density at radius 3 is 0.575 bits per heavy atom. The summed E-state index contributed by atoms with van der Waals surface area (Å²) in [5.74, 6) is 10.9. The molecule has 0 saturated carbocycles. The summed E-state index contributed by atoms with van der Waals surface area (Å²) in [4.78, 5) is 12.2. The molecule has 10 heterocycles. The molecule has 0 aliphatic heterocycles. The van der Waals surface area contributed by atoms with Crippen molar-refractivity contribution in [1.82, 2.24) is 149 Å². The van der Waals surface area contributed by atoms with Crippen LogP contribution in [-0.2, 0) is 70.5 Å². The molecule has 0 aliphatic rings. The third kappa shape index (κ3) is 23.2. The van der Waals surface area contributed by atoms with Gasteiger partial charge in [0, 0.05) is 81.9 Å². The van der Waals surface area contributed by atoms with Gasteiger partial charge in [-0.3, -0.25) is 28.1 Å². The van der Waals surface area contributed by atoms with Crippen LogP contribution in [0.1, 0.15) is 115 Å². The van der Waals surface area contributed by atoms with Gasteiger partial charge in [0.2, 0.25) is 0 Å². The zero-order chi connectivity index (χ0) is 61.5. The minimum atomic E-state index is 0.833. The van der Waals surface area contributed by atoms with E-state index in [1.165, 1.54) is 22.5 Å². The smallest absolute Gasteiger partial charge is 0.147 e. The second-order valence-corrected chi connectivity index (χ2v) is 18.6. The van der Waals surface area contributed by atoms with Crippen LogP contribution in [0.2, 0.25) is 0 Å². The molecule has 0 aliphatic carbocycles. The SMILES string of the molecule is Cc1nc(C)n(C)n1.Cc1nc(C)n(C)n1.Cc1nc(C)n(C)n1.Cc1nn(C)c(C)c1C.Cc1nn(C)c(C)c1C.Cc1nnc(C)n1C.Cc1nnc(C)n1C.Cc1nnn(C)c1C.Cc1nnnn1C.Cc1nnnn1C. The van der Waals surface area contributed by atoms with Crippen LogP contribution in [0.3, 0.4) is 0 Å². The molecule has 10 aromatic heterocycles. The Morgan fingerprint density at radius 1 is 0.225 bits per heavy atom. The minimum absolute atomic E-state index is 0.833. The first kappa shape index (κ1) is 69.4. The highest BCUT2D eigenvalue weighted by atomic mass is 15.5. The van der Waals surface area contributed by atoms with Crippen molar-refractivity contribution >= 4 is 0 Å². The van der Waals surface area contributed by atoms with E-state index >= 15 is 0 Å². The number of rotatable bonds is 0. The van der Waals surface area contributed by atoms with E-state index in [2.05, 4.69) is 130 Å². The third-order valence-electron chi connectivity index (χ3n) is 12.6. The van der Waals surface area contributed by atoms with E-state index < -0.39 is 0 Å². The molecule has 30 heteroatoms.